The molecule has 1 atom stereocenters. The number of hydrogen-bond acceptors (Lipinski definition) is 8. The predicted octanol–water partition coefficient (Wildman–Crippen LogP) is 1.25. The zero-order chi connectivity index (χ0) is 26.0. The summed E-state index contributed by atoms with van der Waals surface area (Å²) in [5.41, 5.74) is 0.537. The van der Waals surface area contributed by atoms with Crippen LogP contribution in [-0.4, -0.2) is 83.1 Å². The van der Waals surface area contributed by atoms with Crippen LogP contribution in [0.15, 0.2) is 18.2 Å². The summed E-state index contributed by atoms with van der Waals surface area (Å²) in [7, 11) is 0. The summed E-state index contributed by atoms with van der Waals surface area (Å²) in [4.78, 5) is 63.5. The van der Waals surface area contributed by atoms with E-state index in [2.05, 4.69) is 41.2 Å². The SMILES string of the molecule is CC(C)CN1C(=O)CC(SCCNC(=O)c2cc(C(=O)NCCS)cc(C(=O)NCCS)c2)C1=O. The first-order valence-corrected chi connectivity index (χ1v) is 13.7. The average Bonchev–Trinajstić information content (AvgIpc) is 3.10. The largest absolute Gasteiger partial charge is 0.351 e. The van der Waals surface area contributed by atoms with Gasteiger partial charge in [0.25, 0.3) is 17.7 Å². The molecule has 5 amide bonds. The molecule has 0 aromatic heterocycles. The summed E-state index contributed by atoms with van der Waals surface area (Å²) in [5.74, 6) is -0.0987. The van der Waals surface area contributed by atoms with Crippen molar-refractivity contribution in [3.8, 4) is 0 Å². The monoisotopic (exact) mass is 540 g/mol. The van der Waals surface area contributed by atoms with Crippen LogP contribution < -0.4 is 16.0 Å². The van der Waals surface area contributed by atoms with Gasteiger partial charge >= 0.3 is 0 Å². The number of likely N-dealkylation sites (tertiary alicyclic amines) is 1. The van der Waals surface area contributed by atoms with E-state index in [1.54, 1.807) is 0 Å². The molecule has 1 aromatic rings. The van der Waals surface area contributed by atoms with Crippen LogP contribution in [0.25, 0.3) is 0 Å². The third-order valence-electron chi connectivity index (χ3n) is 4.97. The molecule has 1 saturated heterocycles. The Morgan fingerprint density at radius 3 is 1.80 bits per heavy atom. The molecule has 0 aliphatic carbocycles. The van der Waals surface area contributed by atoms with Gasteiger partial charge in [-0.3, -0.25) is 28.9 Å². The lowest BCUT2D eigenvalue weighted by molar-refractivity contribution is -0.138. The van der Waals surface area contributed by atoms with Crippen LogP contribution >= 0.6 is 37.0 Å². The predicted molar refractivity (Wildman–Crippen MR) is 144 cm³/mol. The molecule has 2 rings (SSSR count). The number of nitrogens with one attached hydrogen (secondary N) is 3. The fourth-order valence-electron chi connectivity index (χ4n) is 3.37. The van der Waals surface area contributed by atoms with Crippen molar-refractivity contribution in [3.05, 3.63) is 34.9 Å². The smallest absolute Gasteiger partial charge is 0.251 e. The molecule has 12 heteroatoms. The minimum Gasteiger partial charge on any atom is -0.351 e. The Hall–Kier alpha value is -2.18. The molecule has 3 N–H and O–H groups in total. The maximum atomic E-state index is 12.8. The first kappa shape index (κ1) is 29.1. The lowest BCUT2D eigenvalue weighted by atomic mass is 10.0. The molecule has 192 valence electrons. The van der Waals surface area contributed by atoms with Gasteiger partial charge in [-0.25, -0.2) is 0 Å². The number of rotatable bonds is 13. The molecule has 1 fully saturated rings. The molecule has 0 bridgehead atoms. The van der Waals surface area contributed by atoms with Gasteiger partial charge in [0.1, 0.15) is 0 Å². The summed E-state index contributed by atoms with van der Waals surface area (Å²) in [6.45, 7) is 5.24. The van der Waals surface area contributed by atoms with E-state index in [4.69, 9.17) is 0 Å². The van der Waals surface area contributed by atoms with Crippen LogP contribution in [0, 0.1) is 5.92 Å². The molecule has 1 heterocycles. The van der Waals surface area contributed by atoms with Crippen LogP contribution in [0.4, 0.5) is 0 Å². The van der Waals surface area contributed by atoms with Gasteiger partial charge in [-0.1, -0.05) is 13.8 Å². The van der Waals surface area contributed by atoms with Gasteiger partial charge in [-0.15, -0.1) is 11.8 Å². The number of nitrogens with zero attached hydrogens (tertiary/aromatic N) is 1. The van der Waals surface area contributed by atoms with Crippen LogP contribution in [0.3, 0.4) is 0 Å². The second-order valence-corrected chi connectivity index (χ2v) is 10.5. The molecular weight excluding hydrogens is 508 g/mol. The molecule has 9 nitrogen and oxygen atoms in total. The first-order chi connectivity index (χ1) is 16.7. The second-order valence-electron chi connectivity index (χ2n) is 8.31. The molecule has 1 aromatic carbocycles. The van der Waals surface area contributed by atoms with Crippen molar-refractivity contribution in [1.82, 2.24) is 20.9 Å². The fourth-order valence-corrected chi connectivity index (χ4v) is 4.63. The minimum atomic E-state index is -0.451. The van der Waals surface area contributed by atoms with Crippen molar-refractivity contribution < 1.29 is 24.0 Å². The number of amides is 5. The topological polar surface area (TPSA) is 125 Å². The van der Waals surface area contributed by atoms with E-state index in [1.165, 1.54) is 34.9 Å². The van der Waals surface area contributed by atoms with E-state index in [0.29, 0.717) is 36.9 Å². The van der Waals surface area contributed by atoms with Gasteiger partial charge < -0.3 is 16.0 Å². The third-order valence-corrected chi connectivity index (χ3v) is 6.63. The molecular formula is C23H32N4O5S3. The summed E-state index contributed by atoms with van der Waals surface area (Å²) in [6, 6.07) is 4.28. The van der Waals surface area contributed by atoms with Gasteiger partial charge in [-0.2, -0.15) is 25.3 Å². The van der Waals surface area contributed by atoms with Crippen LogP contribution in [-0.2, 0) is 9.59 Å². The van der Waals surface area contributed by atoms with E-state index in [0.717, 1.165) is 0 Å². The van der Waals surface area contributed by atoms with Crippen molar-refractivity contribution in [3.63, 3.8) is 0 Å². The Labute approximate surface area is 220 Å². The zero-order valence-corrected chi connectivity index (χ0v) is 22.4. The highest BCUT2D eigenvalue weighted by Crippen LogP contribution is 2.25. The Kier molecular flexibility index (Phi) is 12.0. The number of benzene rings is 1. The molecule has 1 unspecified atom stereocenters. The number of carbonyl (C=O) groups excluding carboxylic acids is 5. The lowest BCUT2D eigenvalue weighted by Gasteiger charge is -2.17. The van der Waals surface area contributed by atoms with Gasteiger partial charge in [0.05, 0.1) is 5.25 Å². The first-order valence-electron chi connectivity index (χ1n) is 11.3. The number of imide groups is 1. The Bertz CT molecular complexity index is 919. The highest BCUT2D eigenvalue weighted by atomic mass is 32.2. The van der Waals surface area contributed by atoms with Gasteiger partial charge in [0, 0.05) is 66.5 Å². The number of thiol groups is 2. The summed E-state index contributed by atoms with van der Waals surface area (Å²) < 4.78 is 0. The maximum Gasteiger partial charge on any atom is 0.251 e. The van der Waals surface area contributed by atoms with Crippen molar-refractivity contribution in [2.24, 2.45) is 5.92 Å². The van der Waals surface area contributed by atoms with Crippen LogP contribution in [0.5, 0.6) is 0 Å². The normalized spacial score (nSPS) is 15.5. The highest BCUT2D eigenvalue weighted by molar-refractivity contribution is 8.00. The Balaban J connectivity index is 2.01. The quantitative estimate of drug-likeness (QED) is 0.146. The van der Waals surface area contributed by atoms with E-state index >= 15 is 0 Å². The van der Waals surface area contributed by atoms with E-state index in [1.807, 2.05) is 13.8 Å². The lowest BCUT2D eigenvalue weighted by Crippen LogP contribution is -2.34. The summed E-state index contributed by atoms with van der Waals surface area (Å²) in [6.07, 6.45) is 0.165. The standard InChI is InChI=1S/C23H32N4O5S3/c1-14(2)13-27-19(28)12-18(23(27)32)35-8-5-26-22(31)17-10-15(20(29)24-3-6-33)9-16(11-17)21(30)25-4-7-34/h9-11,14,18,33-34H,3-8,12-13H2,1-2H3,(H,24,29)(H,25,30)(H,26,31). The summed E-state index contributed by atoms with van der Waals surface area (Å²) >= 11 is 9.46. The molecule has 0 radical (unpaired) electrons. The van der Waals surface area contributed by atoms with Crippen LogP contribution in [0.2, 0.25) is 0 Å². The van der Waals surface area contributed by atoms with Gasteiger partial charge in [0.2, 0.25) is 11.8 Å². The molecule has 1 aliphatic rings. The van der Waals surface area contributed by atoms with Crippen molar-refractivity contribution in [1.29, 1.82) is 0 Å². The fraction of sp³-hybridized carbons (Fsp3) is 0.522. The number of carbonyl (C=O) groups is 5. The molecule has 35 heavy (non-hydrogen) atoms. The van der Waals surface area contributed by atoms with E-state index < -0.39 is 23.0 Å². The molecule has 1 aliphatic heterocycles. The summed E-state index contributed by atoms with van der Waals surface area (Å²) in [5, 5.41) is 7.65. The second kappa shape index (κ2) is 14.4. The minimum absolute atomic E-state index is 0.165. The van der Waals surface area contributed by atoms with Gasteiger partial charge in [-0.05, 0) is 24.1 Å². The van der Waals surface area contributed by atoms with Crippen LogP contribution in [0.1, 0.15) is 51.3 Å². The molecule has 0 spiro atoms. The highest BCUT2D eigenvalue weighted by Gasteiger charge is 2.38. The average molecular weight is 541 g/mol. The Morgan fingerprint density at radius 1 is 0.914 bits per heavy atom. The van der Waals surface area contributed by atoms with Crippen molar-refractivity contribution >= 4 is 66.6 Å². The van der Waals surface area contributed by atoms with Gasteiger partial charge in [0.15, 0.2) is 0 Å². The molecule has 0 saturated carbocycles. The van der Waals surface area contributed by atoms with Crippen molar-refractivity contribution in [2.75, 3.05) is 43.4 Å². The van der Waals surface area contributed by atoms with E-state index in [9.17, 15) is 24.0 Å². The number of hydrogen-bond donors (Lipinski definition) is 5. The maximum absolute atomic E-state index is 12.8. The Morgan fingerprint density at radius 2 is 1.37 bits per heavy atom. The van der Waals surface area contributed by atoms with Crippen molar-refractivity contribution in [2.45, 2.75) is 25.5 Å². The zero-order valence-electron chi connectivity index (χ0n) is 19.8. The number of thioether (sulfide) groups is 1. The van der Waals surface area contributed by atoms with E-state index in [-0.39, 0.29) is 47.4 Å². The third kappa shape index (κ3) is 8.76.